The first-order valence-corrected chi connectivity index (χ1v) is 7.15. The van der Waals surface area contributed by atoms with Crippen LogP contribution in [0.1, 0.15) is 0 Å². The largest absolute Gasteiger partial charge is 0.367 e. The van der Waals surface area contributed by atoms with Crippen LogP contribution in [0.15, 0.2) is 34.2 Å². The van der Waals surface area contributed by atoms with Gasteiger partial charge in [-0.05, 0) is 29.6 Å². The molecule has 3 aromatic rings. The van der Waals surface area contributed by atoms with Crippen LogP contribution < -0.4 is 5.73 Å². The summed E-state index contributed by atoms with van der Waals surface area (Å²) in [6, 6.07) is 5.80. The first kappa shape index (κ1) is 13.4. The van der Waals surface area contributed by atoms with Crippen molar-refractivity contribution in [3.05, 3.63) is 45.5 Å². The van der Waals surface area contributed by atoms with Crippen LogP contribution in [-0.2, 0) is 0 Å². The van der Waals surface area contributed by atoms with Gasteiger partial charge in [0.25, 0.3) is 0 Å². The van der Waals surface area contributed by atoms with E-state index in [-0.39, 0.29) is 10.9 Å². The van der Waals surface area contributed by atoms with Gasteiger partial charge in [-0.2, -0.15) is 0 Å². The van der Waals surface area contributed by atoms with Gasteiger partial charge in [-0.1, -0.05) is 28.4 Å². The number of rotatable bonds is 2. The van der Waals surface area contributed by atoms with E-state index in [9.17, 15) is 4.39 Å². The monoisotopic (exact) mass is 328 g/mol. The molecule has 1 aromatic carbocycles. The standard InChI is InChI=1S/C13H7Cl2FN2OS/c14-8-3-4-20-12(8)11-10(13(17)19-18-11)7-2-1-6(16)5-9(7)15/h1-5H,17H2. The normalized spacial score (nSPS) is 10.9. The highest BCUT2D eigenvalue weighted by atomic mass is 35.5. The Morgan fingerprint density at radius 2 is 2.00 bits per heavy atom. The third-order valence-electron chi connectivity index (χ3n) is 2.75. The van der Waals surface area contributed by atoms with Gasteiger partial charge in [-0.25, -0.2) is 4.39 Å². The third kappa shape index (κ3) is 2.18. The lowest BCUT2D eigenvalue weighted by Gasteiger charge is -2.04. The van der Waals surface area contributed by atoms with E-state index in [2.05, 4.69) is 5.16 Å². The summed E-state index contributed by atoms with van der Waals surface area (Å²) < 4.78 is 18.2. The second-order valence-corrected chi connectivity index (χ2v) is 5.72. The molecule has 0 spiro atoms. The van der Waals surface area contributed by atoms with E-state index in [4.69, 9.17) is 33.5 Å². The number of anilines is 1. The molecule has 0 radical (unpaired) electrons. The highest BCUT2D eigenvalue weighted by Crippen LogP contribution is 2.43. The Balaban J connectivity index is 2.24. The smallest absolute Gasteiger partial charge is 0.230 e. The van der Waals surface area contributed by atoms with Gasteiger partial charge in [0.15, 0.2) is 0 Å². The Labute approximate surface area is 127 Å². The maximum absolute atomic E-state index is 13.2. The van der Waals surface area contributed by atoms with E-state index < -0.39 is 5.82 Å². The molecule has 0 amide bonds. The number of benzene rings is 1. The number of nitrogen functional groups attached to an aromatic ring is 1. The van der Waals surface area contributed by atoms with Crippen molar-refractivity contribution in [2.45, 2.75) is 0 Å². The highest BCUT2D eigenvalue weighted by molar-refractivity contribution is 7.14. The average Bonchev–Trinajstić information content (AvgIpc) is 2.96. The molecule has 7 heteroatoms. The molecule has 0 unspecified atom stereocenters. The van der Waals surface area contributed by atoms with Crippen molar-refractivity contribution in [2.75, 3.05) is 5.73 Å². The number of nitrogens with two attached hydrogens (primary N) is 1. The van der Waals surface area contributed by atoms with Crippen LogP contribution in [0.5, 0.6) is 0 Å². The van der Waals surface area contributed by atoms with Crippen molar-refractivity contribution in [3.8, 4) is 21.7 Å². The first-order chi connectivity index (χ1) is 9.58. The summed E-state index contributed by atoms with van der Waals surface area (Å²) in [5, 5.41) is 6.54. The summed E-state index contributed by atoms with van der Waals surface area (Å²) in [5.74, 6) is -0.317. The minimum absolute atomic E-state index is 0.109. The summed E-state index contributed by atoms with van der Waals surface area (Å²) >= 11 is 13.6. The molecule has 0 aliphatic heterocycles. The predicted octanol–water partition coefficient (Wildman–Crippen LogP) is 5.10. The van der Waals surface area contributed by atoms with E-state index in [0.29, 0.717) is 21.8 Å². The average molecular weight is 329 g/mol. The molecule has 0 aliphatic rings. The van der Waals surface area contributed by atoms with Crippen molar-refractivity contribution >= 4 is 40.4 Å². The summed E-state index contributed by atoms with van der Waals surface area (Å²) in [4.78, 5) is 0.725. The number of aromatic nitrogens is 1. The van der Waals surface area contributed by atoms with Gasteiger partial charge >= 0.3 is 0 Å². The molecule has 20 heavy (non-hydrogen) atoms. The lowest BCUT2D eigenvalue weighted by Crippen LogP contribution is -1.89. The summed E-state index contributed by atoms with van der Waals surface area (Å²) in [6.45, 7) is 0. The Morgan fingerprint density at radius 3 is 2.65 bits per heavy atom. The highest BCUT2D eigenvalue weighted by Gasteiger charge is 2.22. The van der Waals surface area contributed by atoms with E-state index in [1.54, 1.807) is 6.07 Å². The SMILES string of the molecule is Nc1onc(-c2sccc2Cl)c1-c1ccc(F)cc1Cl. The Morgan fingerprint density at radius 1 is 1.20 bits per heavy atom. The van der Waals surface area contributed by atoms with Crippen LogP contribution in [0.2, 0.25) is 10.0 Å². The summed E-state index contributed by atoms with van der Waals surface area (Å²) in [7, 11) is 0. The van der Waals surface area contributed by atoms with Gasteiger partial charge in [0, 0.05) is 5.56 Å². The fourth-order valence-electron chi connectivity index (χ4n) is 1.87. The molecule has 0 bridgehead atoms. The topological polar surface area (TPSA) is 52.0 Å². The second kappa shape index (κ2) is 5.09. The number of thiophene rings is 1. The van der Waals surface area contributed by atoms with E-state index in [1.165, 1.54) is 29.5 Å². The van der Waals surface area contributed by atoms with E-state index in [1.807, 2.05) is 5.38 Å². The van der Waals surface area contributed by atoms with Gasteiger partial charge in [0.05, 0.1) is 20.5 Å². The number of halogens is 3. The third-order valence-corrected chi connectivity index (χ3v) is 4.41. The molecule has 0 atom stereocenters. The Hall–Kier alpha value is -1.56. The number of hydrogen-bond donors (Lipinski definition) is 1. The quantitative estimate of drug-likeness (QED) is 0.712. The van der Waals surface area contributed by atoms with Crippen LogP contribution >= 0.6 is 34.5 Å². The van der Waals surface area contributed by atoms with Crippen molar-refractivity contribution in [1.82, 2.24) is 5.16 Å². The van der Waals surface area contributed by atoms with E-state index >= 15 is 0 Å². The van der Waals surface area contributed by atoms with E-state index in [0.717, 1.165) is 4.88 Å². The fourth-order valence-corrected chi connectivity index (χ4v) is 3.27. The number of nitrogens with zero attached hydrogens (tertiary/aromatic N) is 1. The van der Waals surface area contributed by atoms with Gasteiger partial charge in [-0.15, -0.1) is 11.3 Å². The summed E-state index contributed by atoms with van der Waals surface area (Å²) in [6.07, 6.45) is 0. The maximum Gasteiger partial charge on any atom is 0.230 e. The molecule has 0 saturated carbocycles. The zero-order valence-corrected chi connectivity index (χ0v) is 12.2. The van der Waals surface area contributed by atoms with Crippen molar-refractivity contribution in [3.63, 3.8) is 0 Å². The molecule has 3 nitrogen and oxygen atoms in total. The molecule has 0 aliphatic carbocycles. The molecule has 102 valence electrons. The molecule has 0 saturated heterocycles. The van der Waals surface area contributed by atoms with Crippen LogP contribution in [0.25, 0.3) is 21.7 Å². The predicted molar refractivity (Wildman–Crippen MR) is 79.6 cm³/mol. The van der Waals surface area contributed by atoms with Crippen LogP contribution in [0.4, 0.5) is 10.3 Å². The molecular weight excluding hydrogens is 322 g/mol. The lowest BCUT2D eigenvalue weighted by molar-refractivity contribution is 0.439. The minimum Gasteiger partial charge on any atom is -0.367 e. The molecule has 3 rings (SSSR count). The van der Waals surface area contributed by atoms with Crippen molar-refractivity contribution in [2.24, 2.45) is 0 Å². The molecule has 2 aromatic heterocycles. The Bertz CT molecular complexity index is 785. The van der Waals surface area contributed by atoms with Crippen LogP contribution in [0, 0.1) is 5.82 Å². The molecule has 2 heterocycles. The van der Waals surface area contributed by atoms with Gasteiger partial charge < -0.3 is 10.3 Å². The lowest BCUT2D eigenvalue weighted by atomic mass is 10.0. The van der Waals surface area contributed by atoms with Gasteiger partial charge in [-0.3, -0.25) is 0 Å². The zero-order valence-electron chi connectivity index (χ0n) is 9.86. The fraction of sp³-hybridized carbons (Fsp3) is 0. The first-order valence-electron chi connectivity index (χ1n) is 5.52. The molecule has 2 N–H and O–H groups in total. The van der Waals surface area contributed by atoms with Crippen LogP contribution in [-0.4, -0.2) is 5.16 Å². The molecule has 0 fully saturated rings. The Kier molecular flexibility index (Phi) is 3.41. The van der Waals surface area contributed by atoms with Crippen molar-refractivity contribution < 1.29 is 8.91 Å². The minimum atomic E-state index is -0.426. The second-order valence-electron chi connectivity index (χ2n) is 3.99. The zero-order chi connectivity index (χ0) is 14.3. The van der Waals surface area contributed by atoms with Gasteiger partial charge in [0.1, 0.15) is 11.5 Å². The summed E-state index contributed by atoms with van der Waals surface area (Å²) in [5.41, 5.74) is 7.37. The number of hydrogen-bond acceptors (Lipinski definition) is 4. The van der Waals surface area contributed by atoms with Crippen LogP contribution in [0.3, 0.4) is 0 Å². The molecular formula is C13H7Cl2FN2OS. The maximum atomic E-state index is 13.2. The van der Waals surface area contributed by atoms with Gasteiger partial charge in [0.2, 0.25) is 5.88 Å². The van der Waals surface area contributed by atoms with Crippen molar-refractivity contribution in [1.29, 1.82) is 0 Å².